The van der Waals surface area contributed by atoms with E-state index in [9.17, 15) is 18.3 Å². The van der Waals surface area contributed by atoms with E-state index in [1.807, 2.05) is 6.08 Å². The maximum absolute atomic E-state index is 12.4. The Bertz CT molecular complexity index is 433. The normalized spacial score (nSPS) is 22.0. The minimum Gasteiger partial charge on any atom is -0.384 e. The van der Waals surface area contributed by atoms with Crippen LogP contribution in [0, 0.1) is 5.92 Å². The highest BCUT2D eigenvalue weighted by Crippen LogP contribution is 2.30. The van der Waals surface area contributed by atoms with Gasteiger partial charge in [-0.05, 0) is 36.6 Å². The largest absolute Gasteiger partial charge is 0.416 e. The number of hydrogen-bond donors (Lipinski definition) is 2. The standard InChI is InChI=1S/C14H16F3NO/c15-14(16,17)12-4-2-11(3-5-12)13(19)6-1-10-7-8-18-9-10/h1-6,10,13,18-19H,7-9H2/b6-1-. The molecule has 0 bridgehead atoms. The Kier molecular flexibility index (Phi) is 4.27. The van der Waals surface area contributed by atoms with Crippen molar-refractivity contribution in [3.05, 3.63) is 47.5 Å². The molecule has 1 aliphatic rings. The lowest BCUT2D eigenvalue weighted by Gasteiger charge is -2.10. The van der Waals surface area contributed by atoms with Crippen LogP contribution in [0.15, 0.2) is 36.4 Å². The highest BCUT2D eigenvalue weighted by Gasteiger charge is 2.30. The van der Waals surface area contributed by atoms with Crippen molar-refractivity contribution < 1.29 is 18.3 Å². The van der Waals surface area contributed by atoms with Crippen LogP contribution in [0.1, 0.15) is 23.7 Å². The molecule has 1 aliphatic heterocycles. The minimum atomic E-state index is -4.34. The molecule has 0 aromatic heterocycles. The fourth-order valence-corrected chi connectivity index (χ4v) is 2.08. The molecule has 2 atom stereocenters. The van der Waals surface area contributed by atoms with Gasteiger partial charge in [0.25, 0.3) is 0 Å². The molecule has 0 saturated carbocycles. The number of nitrogens with one attached hydrogen (secondary N) is 1. The van der Waals surface area contributed by atoms with Crippen molar-refractivity contribution in [1.29, 1.82) is 0 Å². The third kappa shape index (κ3) is 3.81. The second-order valence-corrected chi connectivity index (χ2v) is 4.70. The molecule has 1 aromatic rings. The molecule has 1 saturated heterocycles. The first-order valence-corrected chi connectivity index (χ1v) is 6.21. The number of benzene rings is 1. The van der Waals surface area contributed by atoms with Crippen LogP contribution in [0.5, 0.6) is 0 Å². The molecular formula is C14H16F3NO. The molecule has 1 aromatic carbocycles. The Labute approximate surface area is 109 Å². The molecule has 0 spiro atoms. The fraction of sp³-hybridized carbons (Fsp3) is 0.429. The van der Waals surface area contributed by atoms with Crippen molar-refractivity contribution in [1.82, 2.24) is 5.32 Å². The van der Waals surface area contributed by atoms with Crippen LogP contribution < -0.4 is 5.32 Å². The maximum atomic E-state index is 12.4. The van der Waals surface area contributed by atoms with E-state index >= 15 is 0 Å². The molecule has 0 amide bonds. The predicted octanol–water partition coefficient (Wildman–Crippen LogP) is 2.90. The van der Waals surface area contributed by atoms with Crippen LogP contribution in [-0.2, 0) is 6.18 Å². The first kappa shape index (κ1) is 14.1. The molecule has 5 heteroatoms. The lowest BCUT2D eigenvalue weighted by atomic mass is 10.0. The second kappa shape index (κ2) is 5.75. The van der Waals surface area contributed by atoms with Crippen LogP contribution in [0.25, 0.3) is 0 Å². The van der Waals surface area contributed by atoms with Gasteiger partial charge in [0.2, 0.25) is 0 Å². The van der Waals surface area contributed by atoms with E-state index in [1.165, 1.54) is 12.1 Å². The van der Waals surface area contributed by atoms with E-state index in [0.717, 1.165) is 31.6 Å². The van der Waals surface area contributed by atoms with Gasteiger partial charge in [-0.2, -0.15) is 13.2 Å². The van der Waals surface area contributed by atoms with Crippen molar-refractivity contribution in [2.24, 2.45) is 5.92 Å². The first-order chi connectivity index (χ1) is 8.97. The van der Waals surface area contributed by atoms with E-state index in [0.29, 0.717) is 11.5 Å². The molecule has 0 radical (unpaired) electrons. The lowest BCUT2D eigenvalue weighted by molar-refractivity contribution is -0.137. The van der Waals surface area contributed by atoms with Gasteiger partial charge in [-0.1, -0.05) is 24.3 Å². The summed E-state index contributed by atoms with van der Waals surface area (Å²) in [6, 6.07) is 4.60. The summed E-state index contributed by atoms with van der Waals surface area (Å²) in [6.07, 6.45) is -0.615. The maximum Gasteiger partial charge on any atom is 0.416 e. The summed E-state index contributed by atoms with van der Waals surface area (Å²) in [5, 5.41) is 13.1. The van der Waals surface area contributed by atoms with Crippen LogP contribution in [0.2, 0.25) is 0 Å². The average Bonchev–Trinajstić information content (AvgIpc) is 2.88. The van der Waals surface area contributed by atoms with Crippen LogP contribution in [-0.4, -0.2) is 18.2 Å². The molecule has 2 N–H and O–H groups in total. The highest BCUT2D eigenvalue weighted by atomic mass is 19.4. The van der Waals surface area contributed by atoms with Gasteiger partial charge in [-0.15, -0.1) is 0 Å². The zero-order valence-electron chi connectivity index (χ0n) is 10.3. The second-order valence-electron chi connectivity index (χ2n) is 4.70. The third-order valence-corrected chi connectivity index (χ3v) is 3.24. The predicted molar refractivity (Wildman–Crippen MR) is 66.5 cm³/mol. The first-order valence-electron chi connectivity index (χ1n) is 6.21. The van der Waals surface area contributed by atoms with Crippen molar-refractivity contribution in [2.45, 2.75) is 18.7 Å². The van der Waals surface area contributed by atoms with Gasteiger partial charge in [0, 0.05) is 6.54 Å². The smallest absolute Gasteiger partial charge is 0.384 e. The van der Waals surface area contributed by atoms with Crippen LogP contribution in [0.4, 0.5) is 13.2 Å². The molecule has 19 heavy (non-hydrogen) atoms. The summed E-state index contributed by atoms with van der Waals surface area (Å²) in [5.74, 6) is 0.393. The molecule has 0 aliphatic carbocycles. The molecule has 2 rings (SSSR count). The van der Waals surface area contributed by atoms with Gasteiger partial charge >= 0.3 is 6.18 Å². The summed E-state index contributed by atoms with van der Waals surface area (Å²) in [4.78, 5) is 0. The quantitative estimate of drug-likeness (QED) is 0.828. The van der Waals surface area contributed by atoms with Gasteiger partial charge in [0.1, 0.15) is 0 Å². The Hall–Kier alpha value is -1.33. The third-order valence-electron chi connectivity index (χ3n) is 3.24. The molecule has 1 heterocycles. The monoisotopic (exact) mass is 271 g/mol. The van der Waals surface area contributed by atoms with E-state index in [1.54, 1.807) is 6.08 Å². The van der Waals surface area contributed by atoms with Gasteiger partial charge < -0.3 is 10.4 Å². The number of rotatable bonds is 3. The van der Waals surface area contributed by atoms with E-state index in [2.05, 4.69) is 5.32 Å². The van der Waals surface area contributed by atoms with Crippen molar-refractivity contribution in [3.63, 3.8) is 0 Å². The lowest BCUT2D eigenvalue weighted by Crippen LogP contribution is -2.07. The zero-order chi connectivity index (χ0) is 13.9. The number of alkyl halides is 3. The molecule has 2 unspecified atom stereocenters. The van der Waals surface area contributed by atoms with E-state index < -0.39 is 17.8 Å². The van der Waals surface area contributed by atoms with Crippen LogP contribution >= 0.6 is 0 Å². The molecule has 1 fully saturated rings. The van der Waals surface area contributed by atoms with Crippen molar-refractivity contribution >= 4 is 0 Å². The number of aliphatic hydroxyl groups is 1. The minimum absolute atomic E-state index is 0.393. The van der Waals surface area contributed by atoms with E-state index in [4.69, 9.17) is 0 Å². The highest BCUT2D eigenvalue weighted by molar-refractivity contribution is 5.28. The van der Waals surface area contributed by atoms with Crippen molar-refractivity contribution in [2.75, 3.05) is 13.1 Å². The van der Waals surface area contributed by atoms with Gasteiger partial charge in [-0.3, -0.25) is 0 Å². The Morgan fingerprint density at radius 3 is 2.47 bits per heavy atom. The molecule has 104 valence electrons. The van der Waals surface area contributed by atoms with E-state index in [-0.39, 0.29) is 0 Å². The molecule has 2 nitrogen and oxygen atoms in total. The van der Waals surface area contributed by atoms with Crippen LogP contribution in [0.3, 0.4) is 0 Å². The van der Waals surface area contributed by atoms with Crippen molar-refractivity contribution in [3.8, 4) is 0 Å². The average molecular weight is 271 g/mol. The Balaban J connectivity index is 2.01. The number of aliphatic hydroxyl groups excluding tert-OH is 1. The topological polar surface area (TPSA) is 32.3 Å². The molecular weight excluding hydrogens is 255 g/mol. The SMILES string of the molecule is OC(/C=C\C1CCNC1)c1ccc(C(F)(F)F)cc1. The summed E-state index contributed by atoms with van der Waals surface area (Å²) in [6.45, 7) is 1.85. The summed E-state index contributed by atoms with van der Waals surface area (Å²) >= 11 is 0. The Morgan fingerprint density at radius 2 is 1.95 bits per heavy atom. The Morgan fingerprint density at radius 1 is 1.26 bits per heavy atom. The summed E-state index contributed by atoms with van der Waals surface area (Å²) < 4.78 is 37.2. The summed E-state index contributed by atoms with van der Waals surface area (Å²) in [7, 11) is 0. The fourth-order valence-electron chi connectivity index (χ4n) is 2.08. The number of halogens is 3. The van der Waals surface area contributed by atoms with Gasteiger partial charge in [-0.25, -0.2) is 0 Å². The van der Waals surface area contributed by atoms with Gasteiger partial charge in [0.05, 0.1) is 11.7 Å². The van der Waals surface area contributed by atoms with Gasteiger partial charge in [0.15, 0.2) is 0 Å². The number of hydrogen-bond acceptors (Lipinski definition) is 2. The summed E-state index contributed by atoms with van der Waals surface area (Å²) in [5.41, 5.74) is -0.234. The zero-order valence-corrected chi connectivity index (χ0v) is 10.3.